The number of aryl methyl sites for hydroxylation is 1. The van der Waals surface area contributed by atoms with Gasteiger partial charge in [0.05, 0.1) is 0 Å². The Morgan fingerprint density at radius 3 is 2.75 bits per heavy atom. The van der Waals surface area contributed by atoms with E-state index in [0.29, 0.717) is 6.42 Å². The lowest BCUT2D eigenvalue weighted by Crippen LogP contribution is -2.59. The third-order valence-electron chi connectivity index (χ3n) is 3.17. The fourth-order valence-corrected chi connectivity index (χ4v) is 2.07. The van der Waals surface area contributed by atoms with E-state index >= 15 is 0 Å². The van der Waals surface area contributed by atoms with Crippen molar-refractivity contribution in [2.45, 2.75) is 18.9 Å². The molecule has 2 heterocycles. The summed E-state index contributed by atoms with van der Waals surface area (Å²) >= 11 is 0. The zero-order chi connectivity index (χ0) is 14.5. The van der Waals surface area contributed by atoms with E-state index in [0.717, 1.165) is 10.5 Å². The largest absolute Gasteiger partial charge is 0.480 e. The van der Waals surface area contributed by atoms with Crippen LogP contribution in [0.3, 0.4) is 0 Å². The topological polar surface area (TPSA) is 99.6 Å². The van der Waals surface area contributed by atoms with E-state index in [1.165, 1.54) is 0 Å². The summed E-state index contributed by atoms with van der Waals surface area (Å²) in [6.45, 7) is -0.249. The van der Waals surface area contributed by atoms with Crippen LogP contribution in [0.2, 0.25) is 0 Å². The monoisotopic (exact) mass is 277 g/mol. The molecule has 1 atom stereocenters. The smallest absolute Gasteiger partial charge is 0.328 e. The van der Waals surface area contributed by atoms with Crippen molar-refractivity contribution in [2.24, 2.45) is 0 Å². The van der Waals surface area contributed by atoms with Crippen molar-refractivity contribution in [3.8, 4) is 0 Å². The van der Waals surface area contributed by atoms with E-state index in [9.17, 15) is 14.4 Å². The summed E-state index contributed by atoms with van der Waals surface area (Å²) in [6, 6.07) is 2.60. The van der Waals surface area contributed by atoms with Crippen molar-refractivity contribution >= 4 is 17.8 Å². The second-order valence-electron chi connectivity index (χ2n) is 4.54. The van der Waals surface area contributed by atoms with Gasteiger partial charge in [0, 0.05) is 25.4 Å². The summed E-state index contributed by atoms with van der Waals surface area (Å²) in [4.78, 5) is 39.5. The number of hydrogen-bond acceptors (Lipinski definition) is 4. The molecule has 0 aromatic carbocycles. The maximum absolute atomic E-state index is 12.1. The van der Waals surface area contributed by atoms with Crippen molar-refractivity contribution in [1.29, 1.82) is 0 Å². The molecule has 1 aliphatic heterocycles. The van der Waals surface area contributed by atoms with Crippen LogP contribution >= 0.6 is 0 Å². The Morgan fingerprint density at radius 1 is 1.40 bits per heavy atom. The average Bonchev–Trinajstić information content (AvgIpc) is 2.45. The molecule has 0 bridgehead atoms. The number of carbonyl (C=O) groups is 3. The van der Waals surface area contributed by atoms with E-state index in [1.54, 1.807) is 24.5 Å². The van der Waals surface area contributed by atoms with Crippen LogP contribution in [0, 0.1) is 0 Å². The summed E-state index contributed by atoms with van der Waals surface area (Å²) in [5.74, 6) is -1.77. The number of hydrogen-bond donors (Lipinski definition) is 2. The number of aliphatic carboxylic acids is 1. The summed E-state index contributed by atoms with van der Waals surface area (Å²) in [6.07, 6.45) is 3.93. The van der Waals surface area contributed by atoms with Gasteiger partial charge in [0.15, 0.2) is 0 Å². The number of piperazine rings is 1. The molecule has 1 aromatic rings. The molecule has 0 aliphatic carbocycles. The standard InChI is InChI=1S/C13H15N3O4/c17-11-8-16(10(7-15-11)13(19)20)12(18)2-1-9-3-5-14-6-4-9/h3-6,10H,1-2,7-8H2,(H,15,17)(H,19,20). The van der Waals surface area contributed by atoms with Gasteiger partial charge in [-0.05, 0) is 24.1 Å². The third-order valence-corrected chi connectivity index (χ3v) is 3.17. The summed E-state index contributed by atoms with van der Waals surface area (Å²) < 4.78 is 0. The van der Waals surface area contributed by atoms with Crippen LogP contribution in [0.15, 0.2) is 24.5 Å². The maximum atomic E-state index is 12.1. The van der Waals surface area contributed by atoms with Crippen molar-refractivity contribution in [3.63, 3.8) is 0 Å². The number of nitrogens with one attached hydrogen (secondary N) is 1. The number of rotatable bonds is 4. The molecule has 1 saturated heterocycles. The molecule has 1 aromatic heterocycles. The number of carboxylic acid groups (broad SMARTS) is 1. The molecule has 1 fully saturated rings. The molecule has 2 N–H and O–H groups in total. The molecule has 0 radical (unpaired) electrons. The first-order valence-corrected chi connectivity index (χ1v) is 6.26. The fourth-order valence-electron chi connectivity index (χ4n) is 2.07. The number of carboxylic acids is 1. The van der Waals surface area contributed by atoms with E-state index in [4.69, 9.17) is 5.11 Å². The Bertz CT molecular complexity index is 518. The molecular weight excluding hydrogens is 262 g/mol. The molecule has 0 saturated carbocycles. The Kier molecular flexibility index (Phi) is 4.29. The number of carbonyl (C=O) groups excluding carboxylic acids is 2. The Hall–Kier alpha value is -2.44. The molecule has 2 rings (SSSR count). The third kappa shape index (κ3) is 3.31. The molecular formula is C13H15N3O4. The summed E-state index contributed by atoms with van der Waals surface area (Å²) in [5, 5.41) is 11.5. The van der Waals surface area contributed by atoms with E-state index in [-0.39, 0.29) is 31.3 Å². The van der Waals surface area contributed by atoms with Crippen LogP contribution in [0.1, 0.15) is 12.0 Å². The molecule has 1 aliphatic rings. The molecule has 2 amide bonds. The van der Waals surface area contributed by atoms with E-state index < -0.39 is 12.0 Å². The second-order valence-corrected chi connectivity index (χ2v) is 4.54. The molecule has 20 heavy (non-hydrogen) atoms. The zero-order valence-electron chi connectivity index (χ0n) is 10.8. The van der Waals surface area contributed by atoms with Crippen molar-refractivity contribution in [2.75, 3.05) is 13.1 Å². The van der Waals surface area contributed by atoms with Crippen LogP contribution in [0.25, 0.3) is 0 Å². The minimum Gasteiger partial charge on any atom is -0.480 e. The lowest BCUT2D eigenvalue weighted by atomic mass is 10.1. The van der Waals surface area contributed by atoms with E-state index in [2.05, 4.69) is 10.3 Å². The highest BCUT2D eigenvalue weighted by molar-refractivity contribution is 5.91. The fraction of sp³-hybridized carbons (Fsp3) is 0.385. The highest BCUT2D eigenvalue weighted by atomic mass is 16.4. The predicted molar refractivity (Wildman–Crippen MR) is 68.7 cm³/mol. The number of amides is 2. The zero-order valence-corrected chi connectivity index (χ0v) is 10.8. The van der Waals surface area contributed by atoms with Crippen molar-refractivity contribution in [1.82, 2.24) is 15.2 Å². The molecule has 106 valence electrons. The van der Waals surface area contributed by atoms with Crippen LogP contribution in [0.4, 0.5) is 0 Å². The maximum Gasteiger partial charge on any atom is 0.328 e. The minimum atomic E-state index is -1.11. The summed E-state index contributed by atoms with van der Waals surface area (Å²) in [7, 11) is 0. The second kappa shape index (κ2) is 6.14. The first-order valence-electron chi connectivity index (χ1n) is 6.26. The van der Waals surface area contributed by atoms with Gasteiger partial charge in [-0.2, -0.15) is 0 Å². The highest BCUT2D eigenvalue weighted by Gasteiger charge is 2.34. The van der Waals surface area contributed by atoms with Crippen LogP contribution < -0.4 is 5.32 Å². The highest BCUT2D eigenvalue weighted by Crippen LogP contribution is 2.09. The average molecular weight is 277 g/mol. The molecule has 0 spiro atoms. The van der Waals surface area contributed by atoms with Gasteiger partial charge in [0.2, 0.25) is 11.8 Å². The lowest BCUT2D eigenvalue weighted by molar-refractivity contribution is -0.154. The number of nitrogens with zero attached hydrogens (tertiary/aromatic N) is 2. The van der Waals surface area contributed by atoms with Crippen LogP contribution in [0.5, 0.6) is 0 Å². The van der Waals surface area contributed by atoms with Gasteiger partial charge in [-0.3, -0.25) is 14.6 Å². The van der Waals surface area contributed by atoms with Gasteiger partial charge in [-0.1, -0.05) is 0 Å². The quantitative estimate of drug-likeness (QED) is 0.767. The van der Waals surface area contributed by atoms with Gasteiger partial charge in [0.25, 0.3) is 0 Å². The van der Waals surface area contributed by atoms with Crippen molar-refractivity contribution < 1.29 is 19.5 Å². The van der Waals surface area contributed by atoms with Gasteiger partial charge < -0.3 is 15.3 Å². The molecule has 1 unspecified atom stereocenters. The van der Waals surface area contributed by atoms with Gasteiger partial charge in [-0.15, -0.1) is 0 Å². The number of aromatic nitrogens is 1. The lowest BCUT2D eigenvalue weighted by Gasteiger charge is -2.32. The normalized spacial score (nSPS) is 18.5. The van der Waals surface area contributed by atoms with E-state index in [1.807, 2.05) is 0 Å². The van der Waals surface area contributed by atoms with Gasteiger partial charge in [-0.25, -0.2) is 4.79 Å². The summed E-state index contributed by atoms with van der Waals surface area (Å²) in [5.41, 5.74) is 0.946. The minimum absolute atomic E-state index is 0.0465. The van der Waals surface area contributed by atoms with Gasteiger partial charge in [0.1, 0.15) is 12.6 Å². The Morgan fingerprint density at radius 2 is 2.10 bits per heavy atom. The Balaban J connectivity index is 1.98. The van der Waals surface area contributed by atoms with Crippen LogP contribution in [-0.2, 0) is 20.8 Å². The van der Waals surface area contributed by atoms with Crippen molar-refractivity contribution in [3.05, 3.63) is 30.1 Å². The van der Waals surface area contributed by atoms with Crippen LogP contribution in [-0.4, -0.2) is 51.9 Å². The Labute approximate surface area is 115 Å². The van der Waals surface area contributed by atoms with Gasteiger partial charge >= 0.3 is 5.97 Å². The first-order chi connectivity index (χ1) is 9.58. The predicted octanol–water partition coefficient (Wildman–Crippen LogP) is -0.574. The SMILES string of the molecule is O=C1CN(C(=O)CCc2ccncc2)C(C(=O)O)CN1. The molecule has 7 heteroatoms. The number of pyridine rings is 1. The molecule has 7 nitrogen and oxygen atoms in total. The first kappa shape index (κ1) is 14.0.